The average Bonchev–Trinajstić information content (AvgIpc) is 3.16. The van der Waals surface area contributed by atoms with Gasteiger partial charge in [-0.05, 0) is 90.3 Å². The number of carboxylic acid groups (broad SMARTS) is 1. The summed E-state index contributed by atoms with van der Waals surface area (Å²) in [5.74, 6) is -0.416. The molecule has 0 bridgehead atoms. The van der Waals surface area contributed by atoms with Crippen molar-refractivity contribution in [3.63, 3.8) is 0 Å². The van der Waals surface area contributed by atoms with Crippen LogP contribution in [0.4, 0.5) is 5.69 Å². The third-order valence-corrected chi connectivity index (χ3v) is 8.30. The number of esters is 1. The number of hydrogen-bond donors (Lipinski definition) is 3. The van der Waals surface area contributed by atoms with Crippen LogP contribution in [0.2, 0.25) is 0 Å². The zero-order valence-electron chi connectivity index (χ0n) is 30.4. The molecule has 0 fully saturated rings. The first-order chi connectivity index (χ1) is 25.6. The highest BCUT2D eigenvalue weighted by atomic mass is 16.5. The summed E-state index contributed by atoms with van der Waals surface area (Å²) >= 11 is 0. The fraction of sp³-hybridized carbons (Fsp3) is 0.317. The predicted octanol–water partition coefficient (Wildman–Crippen LogP) is 6.89. The second-order valence-corrected chi connectivity index (χ2v) is 12.2. The van der Waals surface area contributed by atoms with E-state index in [4.69, 9.17) is 23.7 Å². The minimum absolute atomic E-state index is 0.00949. The van der Waals surface area contributed by atoms with Gasteiger partial charge in [0.15, 0.2) is 11.5 Å². The molecule has 0 radical (unpaired) electrons. The highest BCUT2D eigenvalue weighted by Gasteiger charge is 2.22. The van der Waals surface area contributed by atoms with Crippen LogP contribution < -0.4 is 34.3 Å². The first kappa shape index (κ1) is 39.7. The third kappa shape index (κ3) is 12.0. The summed E-state index contributed by atoms with van der Waals surface area (Å²) in [6.07, 6.45) is 5.74. The molecule has 0 aliphatic rings. The monoisotopic (exact) mass is 726 g/mol. The number of carbonyl (C=O) groups is 4. The number of rotatable bonds is 20. The molecule has 1 atom stereocenters. The van der Waals surface area contributed by atoms with Crippen molar-refractivity contribution in [2.24, 2.45) is 0 Å². The van der Waals surface area contributed by atoms with Gasteiger partial charge in [-0.3, -0.25) is 9.59 Å². The van der Waals surface area contributed by atoms with Crippen LogP contribution in [0.5, 0.6) is 28.7 Å². The van der Waals surface area contributed by atoms with Gasteiger partial charge in [-0.2, -0.15) is 0 Å². The Balaban J connectivity index is 1.26. The van der Waals surface area contributed by atoms with E-state index in [-0.39, 0.29) is 30.1 Å². The Bertz CT molecular complexity index is 1800. The summed E-state index contributed by atoms with van der Waals surface area (Å²) in [5, 5.41) is 15.2. The zero-order valence-corrected chi connectivity index (χ0v) is 30.4. The second kappa shape index (κ2) is 20.1. The van der Waals surface area contributed by atoms with E-state index in [0.717, 1.165) is 12.8 Å². The molecule has 4 rings (SSSR count). The second-order valence-electron chi connectivity index (χ2n) is 12.2. The van der Waals surface area contributed by atoms with Crippen LogP contribution in [0.1, 0.15) is 70.9 Å². The molecule has 0 saturated carbocycles. The van der Waals surface area contributed by atoms with Crippen molar-refractivity contribution in [3.8, 4) is 28.7 Å². The van der Waals surface area contributed by atoms with E-state index in [2.05, 4.69) is 17.6 Å². The molecule has 0 aliphatic carbocycles. The van der Waals surface area contributed by atoms with Gasteiger partial charge in [0.05, 0.1) is 39.9 Å². The predicted molar refractivity (Wildman–Crippen MR) is 200 cm³/mol. The number of anilines is 1. The summed E-state index contributed by atoms with van der Waals surface area (Å²) in [6, 6.07) is 21.4. The SMILES string of the molecule is CCCCCCCOc1ccc(C(=O)Oc2ccc(CC(NC(=O)c3ccc(NC(=O)Cc4cc(OC)c(OC)c(OC)c4)cc3)C(=O)O)cc2)cc1. The molecule has 4 aromatic carbocycles. The van der Waals surface area contributed by atoms with Crippen molar-refractivity contribution in [2.75, 3.05) is 33.3 Å². The van der Waals surface area contributed by atoms with Crippen molar-refractivity contribution in [2.45, 2.75) is 57.9 Å². The van der Waals surface area contributed by atoms with Crippen molar-refractivity contribution in [1.82, 2.24) is 5.32 Å². The Kier molecular flexibility index (Phi) is 15.1. The molecule has 0 aliphatic heterocycles. The summed E-state index contributed by atoms with van der Waals surface area (Å²) in [4.78, 5) is 50.5. The lowest BCUT2D eigenvalue weighted by Crippen LogP contribution is -2.42. The van der Waals surface area contributed by atoms with Crippen molar-refractivity contribution >= 4 is 29.4 Å². The lowest BCUT2D eigenvalue weighted by atomic mass is 10.0. The number of nitrogens with one attached hydrogen (secondary N) is 2. The molecule has 12 nitrogen and oxygen atoms in total. The molecule has 4 aromatic rings. The number of hydrogen-bond acceptors (Lipinski definition) is 9. The average molecular weight is 727 g/mol. The molecule has 0 heterocycles. The largest absolute Gasteiger partial charge is 0.494 e. The molecule has 0 spiro atoms. The van der Waals surface area contributed by atoms with E-state index in [9.17, 15) is 24.3 Å². The molecular weight excluding hydrogens is 680 g/mol. The number of aliphatic carboxylic acids is 1. The summed E-state index contributed by atoms with van der Waals surface area (Å²) < 4.78 is 27.3. The normalized spacial score (nSPS) is 11.2. The first-order valence-corrected chi connectivity index (χ1v) is 17.4. The fourth-order valence-electron chi connectivity index (χ4n) is 5.45. The summed E-state index contributed by atoms with van der Waals surface area (Å²) in [7, 11) is 4.47. The van der Waals surface area contributed by atoms with Crippen LogP contribution in [0, 0.1) is 0 Å². The highest BCUT2D eigenvalue weighted by molar-refractivity contribution is 5.98. The summed E-state index contributed by atoms with van der Waals surface area (Å²) in [6.45, 7) is 2.80. The Morgan fingerprint density at radius 2 is 1.30 bits per heavy atom. The number of methoxy groups -OCH3 is 3. The first-order valence-electron chi connectivity index (χ1n) is 17.4. The van der Waals surface area contributed by atoms with Gasteiger partial charge in [0.25, 0.3) is 5.91 Å². The van der Waals surface area contributed by atoms with Gasteiger partial charge >= 0.3 is 11.9 Å². The van der Waals surface area contributed by atoms with Crippen LogP contribution in [-0.2, 0) is 22.4 Å². The highest BCUT2D eigenvalue weighted by Crippen LogP contribution is 2.38. The molecule has 280 valence electrons. The van der Waals surface area contributed by atoms with Crippen molar-refractivity contribution in [3.05, 3.63) is 107 Å². The molecule has 1 unspecified atom stereocenters. The Morgan fingerprint density at radius 1 is 0.698 bits per heavy atom. The van der Waals surface area contributed by atoms with Gasteiger partial charge in [0.1, 0.15) is 17.5 Å². The number of benzene rings is 4. The van der Waals surface area contributed by atoms with Crippen LogP contribution >= 0.6 is 0 Å². The Hall–Kier alpha value is -6.04. The van der Waals surface area contributed by atoms with Crippen LogP contribution in [0.25, 0.3) is 0 Å². The summed E-state index contributed by atoms with van der Waals surface area (Å²) in [5.41, 5.74) is 2.27. The zero-order chi connectivity index (χ0) is 38.2. The van der Waals surface area contributed by atoms with Gasteiger partial charge in [-0.25, -0.2) is 9.59 Å². The van der Waals surface area contributed by atoms with E-state index in [0.29, 0.717) is 52.0 Å². The van der Waals surface area contributed by atoms with Crippen LogP contribution in [-0.4, -0.2) is 62.8 Å². The minimum atomic E-state index is -1.23. The van der Waals surface area contributed by atoms with E-state index in [1.165, 1.54) is 52.7 Å². The third-order valence-electron chi connectivity index (χ3n) is 8.30. The number of amides is 2. The van der Waals surface area contributed by atoms with E-state index in [1.807, 2.05) is 0 Å². The van der Waals surface area contributed by atoms with E-state index < -0.39 is 23.9 Å². The Labute approximate surface area is 309 Å². The minimum Gasteiger partial charge on any atom is -0.494 e. The van der Waals surface area contributed by atoms with Gasteiger partial charge in [-0.15, -0.1) is 0 Å². The van der Waals surface area contributed by atoms with Gasteiger partial charge in [-0.1, -0.05) is 44.7 Å². The van der Waals surface area contributed by atoms with Gasteiger partial charge < -0.3 is 39.4 Å². The maximum Gasteiger partial charge on any atom is 0.343 e. The van der Waals surface area contributed by atoms with Crippen LogP contribution in [0.15, 0.2) is 84.9 Å². The molecule has 0 saturated heterocycles. The molecule has 53 heavy (non-hydrogen) atoms. The maximum absolute atomic E-state index is 13.0. The molecule has 12 heteroatoms. The lowest BCUT2D eigenvalue weighted by Gasteiger charge is -2.15. The quantitative estimate of drug-likeness (QED) is 0.0498. The molecule has 0 aromatic heterocycles. The number of ether oxygens (including phenoxy) is 5. The standard InChI is InChI=1S/C41H46N2O10/c1-5-6-7-8-9-22-52-32-20-14-30(15-21-32)41(48)53-33-18-10-27(11-19-33)23-34(40(46)47)43-39(45)29-12-16-31(17-13-29)42-37(44)26-28-24-35(49-2)38(51-4)36(25-28)50-3/h10-21,24-25,34H,5-9,22-23,26H2,1-4H3,(H,42,44)(H,43,45)(H,46,47). The van der Waals surface area contributed by atoms with Gasteiger partial charge in [0, 0.05) is 17.7 Å². The molecule has 2 amide bonds. The van der Waals surface area contributed by atoms with Crippen molar-refractivity contribution in [1.29, 1.82) is 0 Å². The molecular formula is C41H46N2O10. The number of unbranched alkanes of at least 4 members (excludes halogenated alkanes) is 4. The molecule has 3 N–H and O–H groups in total. The Morgan fingerprint density at radius 3 is 1.89 bits per heavy atom. The number of carboxylic acids is 1. The number of carbonyl (C=O) groups excluding carboxylic acids is 3. The van der Waals surface area contributed by atoms with E-state index in [1.54, 1.807) is 72.8 Å². The lowest BCUT2D eigenvalue weighted by molar-refractivity contribution is -0.139. The fourth-order valence-corrected chi connectivity index (χ4v) is 5.45. The van der Waals surface area contributed by atoms with Crippen LogP contribution in [0.3, 0.4) is 0 Å². The maximum atomic E-state index is 13.0. The van der Waals surface area contributed by atoms with Gasteiger partial charge in [0.2, 0.25) is 11.7 Å². The van der Waals surface area contributed by atoms with E-state index >= 15 is 0 Å². The van der Waals surface area contributed by atoms with Crippen molar-refractivity contribution < 1.29 is 48.0 Å². The smallest absolute Gasteiger partial charge is 0.343 e. The topological polar surface area (TPSA) is 159 Å².